The summed E-state index contributed by atoms with van der Waals surface area (Å²) in [5.41, 5.74) is 5.84. The van der Waals surface area contributed by atoms with Crippen LogP contribution in [-0.2, 0) is 41.6 Å². The summed E-state index contributed by atoms with van der Waals surface area (Å²) >= 11 is 0. The van der Waals surface area contributed by atoms with Crippen LogP contribution in [0.5, 0.6) is 5.75 Å². The Morgan fingerprint density at radius 1 is 1.02 bits per heavy atom. The van der Waals surface area contributed by atoms with Gasteiger partial charge in [-0.05, 0) is 53.6 Å². The number of nitrogens with zero attached hydrogens (tertiary/aromatic N) is 1. The van der Waals surface area contributed by atoms with Crippen LogP contribution in [0.1, 0.15) is 57.2 Å². The van der Waals surface area contributed by atoms with Crippen molar-refractivity contribution in [2.45, 2.75) is 83.9 Å². The van der Waals surface area contributed by atoms with Crippen LogP contribution in [0.25, 0.3) is 6.08 Å². The second-order valence-corrected chi connectivity index (χ2v) is 13.4. The van der Waals surface area contributed by atoms with Crippen molar-refractivity contribution in [2.24, 2.45) is 17.8 Å². The molecule has 2 aliphatic heterocycles. The lowest BCUT2D eigenvalue weighted by molar-refractivity contribution is -0.142. The van der Waals surface area contributed by atoms with Crippen LogP contribution in [0.4, 0.5) is 0 Å². The first-order valence-electron chi connectivity index (χ1n) is 17.0. The fourth-order valence-corrected chi connectivity index (χ4v) is 6.51. The van der Waals surface area contributed by atoms with E-state index in [0.717, 1.165) is 11.1 Å². The van der Waals surface area contributed by atoms with Gasteiger partial charge in [-0.15, -0.1) is 0 Å². The molecule has 2 aliphatic rings. The smallest absolute Gasteiger partial charge is 0.259 e. The maximum absolute atomic E-state index is 14.1. The summed E-state index contributed by atoms with van der Waals surface area (Å²) in [6.45, 7) is 12.3. The zero-order chi connectivity index (χ0) is 35.7. The topological polar surface area (TPSA) is 138 Å². The molecule has 0 unspecified atom stereocenters. The summed E-state index contributed by atoms with van der Waals surface area (Å²) in [5, 5.41) is 17.5. The van der Waals surface area contributed by atoms with Crippen molar-refractivity contribution >= 4 is 23.8 Å². The molecule has 0 aromatic heterocycles. The summed E-state index contributed by atoms with van der Waals surface area (Å²) in [6, 6.07) is 12.3. The zero-order valence-corrected chi connectivity index (χ0v) is 29.5. The average Bonchev–Trinajstić information content (AvgIpc) is 3.09. The number of carbonyl (C=O) groups excluding carboxylic acids is 3. The molecular formula is C38H52N4O7. The van der Waals surface area contributed by atoms with E-state index in [-0.39, 0.29) is 48.0 Å². The Kier molecular flexibility index (Phi) is 13.4. The minimum absolute atomic E-state index is 0.0549. The lowest BCUT2D eigenvalue weighted by atomic mass is 9.87. The molecule has 4 N–H and O–H groups in total. The maximum atomic E-state index is 14.1. The average molecular weight is 677 g/mol. The van der Waals surface area contributed by atoms with Crippen LogP contribution in [0, 0.1) is 17.8 Å². The molecule has 2 heterocycles. The number of hydrogen-bond acceptors (Lipinski definition) is 8. The number of methoxy groups -OCH3 is 2. The second-order valence-electron chi connectivity index (χ2n) is 13.4. The number of aromatic hydroxyl groups is 1. The number of fused-ring (bicyclic) bond motifs is 4. The van der Waals surface area contributed by atoms with E-state index < -0.39 is 30.0 Å². The summed E-state index contributed by atoms with van der Waals surface area (Å²) in [7, 11) is 3.18. The number of rotatable bonds is 5. The standard InChI is InChI=1S/C38H52N4O7/c1-23(2)34-37(45)39-32(21-28-12-9-14-30(43)20-28)38(46)42-18-10-15-31(41-42)26(5)49-22-29-13-8-11-27(19-29)16-17-33(47-6)24(3)35(48-7)25(4)36(44)40-34/h8-9,11-14,16-17,19-20,23-25,31-35,41,43H,5,10,15,18,21-22H2,1-4,6-7H3,(H,39,45)(H,40,44)/b17-16+/t24-,25+,31-,32-,33-,34-,35+/m0/s1. The number of benzene rings is 2. The van der Waals surface area contributed by atoms with E-state index in [1.165, 1.54) is 5.01 Å². The fraction of sp³-hybridized carbons (Fsp3) is 0.500. The molecule has 49 heavy (non-hydrogen) atoms. The fourth-order valence-electron chi connectivity index (χ4n) is 6.51. The van der Waals surface area contributed by atoms with Crippen LogP contribution in [0.3, 0.4) is 0 Å². The highest BCUT2D eigenvalue weighted by Crippen LogP contribution is 2.25. The van der Waals surface area contributed by atoms with Gasteiger partial charge in [0.1, 0.15) is 30.2 Å². The van der Waals surface area contributed by atoms with Gasteiger partial charge in [0.15, 0.2) is 0 Å². The Morgan fingerprint density at radius 3 is 2.47 bits per heavy atom. The molecule has 1 saturated heterocycles. The quantitative estimate of drug-likeness (QED) is 0.371. The molecule has 0 radical (unpaired) electrons. The second kappa shape index (κ2) is 17.5. The molecule has 11 nitrogen and oxygen atoms in total. The van der Waals surface area contributed by atoms with Crippen molar-refractivity contribution in [1.82, 2.24) is 21.1 Å². The normalized spacial score (nSPS) is 28.5. The van der Waals surface area contributed by atoms with Crippen LogP contribution >= 0.6 is 0 Å². The largest absolute Gasteiger partial charge is 0.508 e. The molecule has 0 saturated carbocycles. The van der Waals surface area contributed by atoms with Gasteiger partial charge in [0.25, 0.3) is 5.91 Å². The molecule has 7 atom stereocenters. The van der Waals surface area contributed by atoms with Crippen molar-refractivity contribution in [3.63, 3.8) is 0 Å². The number of amides is 3. The highest BCUT2D eigenvalue weighted by molar-refractivity contribution is 5.92. The molecule has 266 valence electrons. The molecule has 4 rings (SSSR count). The predicted molar refractivity (Wildman–Crippen MR) is 188 cm³/mol. The number of nitrogens with one attached hydrogen (secondary N) is 3. The van der Waals surface area contributed by atoms with E-state index in [0.29, 0.717) is 37.3 Å². The third-order valence-electron chi connectivity index (χ3n) is 9.39. The van der Waals surface area contributed by atoms with E-state index in [1.807, 2.05) is 57.2 Å². The van der Waals surface area contributed by atoms with E-state index in [9.17, 15) is 19.5 Å². The highest BCUT2D eigenvalue weighted by atomic mass is 16.5. The van der Waals surface area contributed by atoms with Gasteiger partial charge in [0.05, 0.1) is 24.2 Å². The Bertz CT molecular complexity index is 1490. The first kappa shape index (κ1) is 37.6. The molecule has 1 fully saturated rings. The highest BCUT2D eigenvalue weighted by Gasteiger charge is 2.37. The SMILES string of the molecule is C=C1OCc2cccc(c2)/C=C/[C@H](OC)[C@H](C)[C@@H](OC)[C@@H](C)C(=O)N[C@@H](C(C)C)C(=O)N[C@@H](Cc2cccc(O)c2)C(=O)N2CCC[C@@H]1N2. The van der Waals surface area contributed by atoms with E-state index in [1.54, 1.807) is 45.4 Å². The minimum atomic E-state index is -0.994. The van der Waals surface area contributed by atoms with Crippen molar-refractivity contribution in [3.8, 4) is 5.75 Å². The Hall–Kier alpha value is -4.19. The van der Waals surface area contributed by atoms with Gasteiger partial charge in [-0.1, -0.05) is 76.8 Å². The molecule has 0 spiro atoms. The summed E-state index contributed by atoms with van der Waals surface area (Å²) in [4.78, 5) is 41.8. The third kappa shape index (κ3) is 9.93. The van der Waals surface area contributed by atoms with Gasteiger partial charge >= 0.3 is 0 Å². The number of hydrogen-bond donors (Lipinski definition) is 4. The van der Waals surface area contributed by atoms with Gasteiger partial charge in [-0.2, -0.15) is 0 Å². The molecule has 4 bridgehead atoms. The van der Waals surface area contributed by atoms with Crippen molar-refractivity contribution in [2.75, 3.05) is 20.8 Å². The van der Waals surface area contributed by atoms with E-state index >= 15 is 0 Å². The van der Waals surface area contributed by atoms with Gasteiger partial charge < -0.3 is 30.0 Å². The summed E-state index contributed by atoms with van der Waals surface area (Å²) in [5.74, 6) is -1.78. The van der Waals surface area contributed by atoms with E-state index in [4.69, 9.17) is 14.2 Å². The number of phenolic OH excluding ortho intramolecular Hbond substituents is 1. The number of phenols is 1. The monoisotopic (exact) mass is 676 g/mol. The molecule has 0 aliphatic carbocycles. The van der Waals surface area contributed by atoms with Gasteiger partial charge in [0, 0.05) is 33.1 Å². The van der Waals surface area contributed by atoms with Crippen molar-refractivity contribution in [1.29, 1.82) is 0 Å². The number of hydrazine groups is 1. The van der Waals surface area contributed by atoms with Crippen molar-refractivity contribution < 1.29 is 33.7 Å². The van der Waals surface area contributed by atoms with Gasteiger partial charge in [0.2, 0.25) is 11.8 Å². The van der Waals surface area contributed by atoms with Gasteiger partial charge in [-0.25, -0.2) is 5.43 Å². The Balaban J connectivity index is 1.70. The van der Waals surface area contributed by atoms with Crippen LogP contribution in [0.15, 0.2) is 66.9 Å². The molecular weight excluding hydrogens is 624 g/mol. The summed E-state index contributed by atoms with van der Waals surface area (Å²) in [6.07, 6.45) is 4.57. The minimum Gasteiger partial charge on any atom is -0.508 e. The molecule has 2 aromatic carbocycles. The van der Waals surface area contributed by atoms with E-state index in [2.05, 4.69) is 22.6 Å². The lowest BCUT2D eigenvalue weighted by Crippen LogP contribution is -2.61. The number of carbonyl (C=O) groups is 3. The Labute approximate surface area is 290 Å². The van der Waals surface area contributed by atoms with Crippen LogP contribution < -0.4 is 16.1 Å². The first-order valence-corrected chi connectivity index (χ1v) is 17.0. The molecule has 3 amide bonds. The maximum Gasteiger partial charge on any atom is 0.259 e. The zero-order valence-electron chi connectivity index (χ0n) is 29.5. The van der Waals surface area contributed by atoms with Crippen LogP contribution in [0.2, 0.25) is 0 Å². The van der Waals surface area contributed by atoms with Crippen LogP contribution in [-0.4, -0.2) is 78.9 Å². The lowest BCUT2D eigenvalue weighted by Gasteiger charge is -2.37. The first-order chi connectivity index (χ1) is 23.4. The Morgan fingerprint density at radius 2 is 1.78 bits per heavy atom. The van der Waals surface area contributed by atoms with Crippen molar-refractivity contribution in [3.05, 3.63) is 83.6 Å². The molecule has 2 aromatic rings. The molecule has 11 heteroatoms. The predicted octanol–water partition coefficient (Wildman–Crippen LogP) is 4.12. The number of ether oxygens (including phenoxy) is 3. The third-order valence-corrected chi connectivity index (χ3v) is 9.39. The summed E-state index contributed by atoms with van der Waals surface area (Å²) < 4.78 is 17.8. The van der Waals surface area contributed by atoms with Gasteiger partial charge in [-0.3, -0.25) is 19.4 Å².